The van der Waals surface area contributed by atoms with Crippen LogP contribution in [0, 0.1) is 20.8 Å². The van der Waals surface area contributed by atoms with Gasteiger partial charge < -0.3 is 0 Å². The number of benzene rings is 1. The minimum absolute atomic E-state index is 0.925. The fourth-order valence-corrected chi connectivity index (χ4v) is 2.71. The van der Waals surface area contributed by atoms with Gasteiger partial charge in [-0.25, -0.2) is 9.13 Å². The predicted octanol–water partition coefficient (Wildman–Crippen LogP) is 3.07. The third-order valence-electron chi connectivity index (χ3n) is 3.44. The molecule has 0 spiro atoms. The Balaban J connectivity index is 2.07. The Labute approximate surface area is 119 Å². The van der Waals surface area contributed by atoms with Gasteiger partial charge in [-0.3, -0.25) is 0 Å². The van der Waals surface area contributed by atoms with Crippen molar-refractivity contribution in [2.45, 2.75) is 20.8 Å². The molecular weight excluding hydrogens is 246 g/mol. The summed E-state index contributed by atoms with van der Waals surface area (Å²) < 4.78 is 4.18. The maximum atomic E-state index is 4.36. The molecule has 2 heterocycles. The number of hydrogen-bond acceptors (Lipinski definition) is 1. The minimum Gasteiger partial charge on any atom is -0.236 e. The van der Waals surface area contributed by atoms with E-state index in [1.54, 1.807) is 0 Å². The van der Waals surface area contributed by atoms with Crippen LogP contribution < -0.4 is 4.57 Å². The molecule has 0 unspecified atom stereocenters. The molecule has 0 aliphatic rings. The van der Waals surface area contributed by atoms with E-state index in [0.717, 1.165) is 5.82 Å². The second kappa shape index (κ2) is 4.93. The summed E-state index contributed by atoms with van der Waals surface area (Å²) in [5.74, 6) is 0.925. The Kier molecular flexibility index (Phi) is 3.11. The van der Waals surface area contributed by atoms with Crippen molar-refractivity contribution in [1.82, 2.24) is 9.55 Å². The van der Waals surface area contributed by atoms with Crippen LogP contribution in [0.4, 0.5) is 0 Å². The Bertz CT molecular complexity index is 719. The van der Waals surface area contributed by atoms with Crippen molar-refractivity contribution in [1.29, 1.82) is 0 Å². The molecule has 0 fully saturated rings. The van der Waals surface area contributed by atoms with Crippen LogP contribution >= 0.6 is 0 Å². The lowest BCUT2D eigenvalue weighted by atomic mass is 10.1. The number of aromatic nitrogens is 3. The fraction of sp³-hybridized carbons (Fsp3) is 0.176. The molecule has 1 aromatic carbocycles. The highest BCUT2D eigenvalue weighted by Crippen LogP contribution is 2.20. The maximum Gasteiger partial charge on any atom is 0.266 e. The molecular formula is C17H18N3+. The highest BCUT2D eigenvalue weighted by Gasteiger charge is 2.12. The Hall–Kier alpha value is -2.42. The van der Waals surface area contributed by atoms with Crippen molar-refractivity contribution in [3.63, 3.8) is 0 Å². The first kappa shape index (κ1) is 12.6. The molecule has 3 heteroatoms. The second-order valence-corrected chi connectivity index (χ2v) is 5.16. The zero-order valence-electron chi connectivity index (χ0n) is 12.0. The van der Waals surface area contributed by atoms with Gasteiger partial charge in [0.15, 0.2) is 6.33 Å². The fourth-order valence-electron chi connectivity index (χ4n) is 2.71. The van der Waals surface area contributed by atoms with Crippen LogP contribution in [0.15, 0.2) is 55.2 Å². The van der Waals surface area contributed by atoms with E-state index in [4.69, 9.17) is 0 Å². The minimum atomic E-state index is 0.925. The van der Waals surface area contributed by atoms with Gasteiger partial charge in [0.2, 0.25) is 0 Å². The lowest BCUT2D eigenvalue weighted by Gasteiger charge is -2.08. The molecule has 0 atom stereocenters. The number of aryl methyl sites for hydroxylation is 3. The summed E-state index contributed by atoms with van der Waals surface area (Å²) in [4.78, 5) is 4.36. The quantitative estimate of drug-likeness (QED) is 0.652. The summed E-state index contributed by atoms with van der Waals surface area (Å²) in [7, 11) is 0. The van der Waals surface area contributed by atoms with E-state index in [1.807, 2.05) is 35.2 Å². The van der Waals surface area contributed by atoms with Gasteiger partial charge >= 0.3 is 0 Å². The molecule has 0 aliphatic carbocycles. The highest BCUT2D eigenvalue weighted by molar-refractivity contribution is 5.48. The zero-order valence-corrected chi connectivity index (χ0v) is 12.0. The van der Waals surface area contributed by atoms with E-state index >= 15 is 0 Å². The molecule has 3 aromatic rings. The van der Waals surface area contributed by atoms with Crippen LogP contribution in [0.2, 0.25) is 0 Å². The van der Waals surface area contributed by atoms with Gasteiger partial charge in [0.05, 0.1) is 6.20 Å². The van der Waals surface area contributed by atoms with Gasteiger partial charge in [-0.15, -0.1) is 4.98 Å². The predicted molar refractivity (Wildman–Crippen MR) is 79.3 cm³/mol. The SMILES string of the molecule is Cc1cc(C)c(-n2cc[n+](-c3ccccn3)c2)c(C)c1. The van der Waals surface area contributed by atoms with Crippen LogP contribution in [0.1, 0.15) is 16.7 Å². The summed E-state index contributed by atoms with van der Waals surface area (Å²) in [6, 6.07) is 10.4. The molecule has 20 heavy (non-hydrogen) atoms. The smallest absolute Gasteiger partial charge is 0.236 e. The molecule has 0 radical (unpaired) electrons. The highest BCUT2D eigenvalue weighted by atomic mass is 15.2. The number of pyridine rings is 1. The molecule has 2 aromatic heterocycles. The van der Waals surface area contributed by atoms with Gasteiger partial charge in [-0.2, -0.15) is 0 Å². The van der Waals surface area contributed by atoms with E-state index in [9.17, 15) is 0 Å². The van der Waals surface area contributed by atoms with Crippen LogP contribution in [0.5, 0.6) is 0 Å². The largest absolute Gasteiger partial charge is 0.266 e. The number of rotatable bonds is 2. The van der Waals surface area contributed by atoms with Crippen LogP contribution in [-0.2, 0) is 0 Å². The third kappa shape index (κ3) is 2.23. The third-order valence-corrected chi connectivity index (χ3v) is 3.44. The van der Waals surface area contributed by atoms with Gasteiger partial charge in [-0.1, -0.05) is 23.8 Å². The van der Waals surface area contributed by atoms with Crippen LogP contribution in [0.25, 0.3) is 11.5 Å². The van der Waals surface area contributed by atoms with Crippen molar-refractivity contribution in [3.8, 4) is 11.5 Å². The van der Waals surface area contributed by atoms with Crippen LogP contribution in [0.3, 0.4) is 0 Å². The van der Waals surface area contributed by atoms with Gasteiger partial charge in [-0.05, 0) is 38.0 Å². The molecule has 0 N–H and O–H groups in total. The van der Waals surface area contributed by atoms with E-state index in [-0.39, 0.29) is 0 Å². The number of hydrogen-bond donors (Lipinski definition) is 0. The summed E-state index contributed by atoms with van der Waals surface area (Å²) in [6.07, 6.45) is 7.97. The first-order chi connectivity index (χ1) is 9.65. The molecule has 3 rings (SSSR count). The normalized spacial score (nSPS) is 10.8. The standard InChI is InChI=1S/C17H18N3/c1-13-10-14(2)17(15(3)11-13)20-9-8-19(12-20)16-6-4-5-7-18-16/h4-12H,1-3H3/q+1. The maximum absolute atomic E-state index is 4.36. The average Bonchev–Trinajstić information content (AvgIpc) is 2.88. The summed E-state index contributed by atoms with van der Waals surface area (Å²) in [6.45, 7) is 6.44. The molecule has 0 saturated heterocycles. The lowest BCUT2D eigenvalue weighted by Crippen LogP contribution is -2.28. The van der Waals surface area contributed by atoms with E-state index < -0.39 is 0 Å². The summed E-state index contributed by atoms with van der Waals surface area (Å²) in [5.41, 5.74) is 5.11. The molecule has 100 valence electrons. The van der Waals surface area contributed by atoms with Crippen molar-refractivity contribution in [2.24, 2.45) is 0 Å². The van der Waals surface area contributed by atoms with Gasteiger partial charge in [0.25, 0.3) is 5.82 Å². The second-order valence-electron chi connectivity index (χ2n) is 5.16. The molecule has 0 saturated carbocycles. The van der Waals surface area contributed by atoms with Gasteiger partial charge in [0.1, 0.15) is 18.1 Å². The van der Waals surface area contributed by atoms with Gasteiger partial charge in [0, 0.05) is 6.07 Å². The number of imidazole rings is 1. The molecule has 3 nitrogen and oxygen atoms in total. The first-order valence-corrected chi connectivity index (χ1v) is 6.74. The van der Waals surface area contributed by atoms with Crippen molar-refractivity contribution >= 4 is 0 Å². The van der Waals surface area contributed by atoms with E-state index in [0.29, 0.717) is 0 Å². The monoisotopic (exact) mass is 264 g/mol. The summed E-state index contributed by atoms with van der Waals surface area (Å²) in [5, 5.41) is 0. The molecule has 0 amide bonds. The zero-order chi connectivity index (χ0) is 14.1. The van der Waals surface area contributed by atoms with Crippen molar-refractivity contribution < 1.29 is 4.57 Å². The Morgan fingerprint density at radius 2 is 1.80 bits per heavy atom. The Morgan fingerprint density at radius 1 is 1.05 bits per heavy atom. The van der Waals surface area contributed by atoms with E-state index in [2.05, 4.69) is 55.0 Å². The first-order valence-electron chi connectivity index (χ1n) is 6.74. The van der Waals surface area contributed by atoms with E-state index in [1.165, 1.54) is 22.4 Å². The molecule has 0 aliphatic heterocycles. The lowest BCUT2D eigenvalue weighted by molar-refractivity contribution is -0.598. The van der Waals surface area contributed by atoms with Crippen molar-refractivity contribution in [3.05, 3.63) is 71.9 Å². The topological polar surface area (TPSA) is 21.7 Å². The van der Waals surface area contributed by atoms with Crippen molar-refractivity contribution in [2.75, 3.05) is 0 Å². The Morgan fingerprint density at radius 3 is 2.45 bits per heavy atom. The van der Waals surface area contributed by atoms with Crippen LogP contribution in [-0.4, -0.2) is 9.55 Å². The number of nitrogens with zero attached hydrogens (tertiary/aromatic N) is 3. The molecule has 0 bridgehead atoms. The average molecular weight is 264 g/mol. The summed E-state index contributed by atoms with van der Waals surface area (Å²) >= 11 is 0.